The Bertz CT molecular complexity index is 822. The first-order chi connectivity index (χ1) is 12.2. The normalized spacial score (nSPS) is 16.1. The zero-order valence-corrected chi connectivity index (χ0v) is 14.8. The van der Waals surface area contributed by atoms with Gasteiger partial charge in [0.1, 0.15) is 0 Å². The minimum absolute atomic E-state index is 0.216. The van der Waals surface area contributed by atoms with Crippen LogP contribution in [0.2, 0.25) is 5.02 Å². The third-order valence-electron chi connectivity index (χ3n) is 5.07. The van der Waals surface area contributed by atoms with Crippen LogP contribution in [-0.2, 0) is 17.6 Å². The molecule has 2 aliphatic carbocycles. The van der Waals surface area contributed by atoms with Crippen molar-refractivity contribution in [2.24, 2.45) is 5.92 Å². The summed E-state index contributed by atoms with van der Waals surface area (Å²) in [5, 5.41) is 0.741. The van der Waals surface area contributed by atoms with Crippen molar-refractivity contribution in [3.8, 4) is 0 Å². The van der Waals surface area contributed by atoms with Gasteiger partial charge in [0.05, 0.1) is 17.9 Å². The van der Waals surface area contributed by atoms with Crippen LogP contribution in [-0.4, -0.2) is 17.6 Å². The lowest BCUT2D eigenvalue weighted by Crippen LogP contribution is -2.20. The van der Waals surface area contributed by atoms with Gasteiger partial charge in [0, 0.05) is 11.2 Å². The van der Waals surface area contributed by atoms with E-state index in [1.54, 1.807) is 12.3 Å². The fourth-order valence-electron chi connectivity index (χ4n) is 3.39. The van der Waals surface area contributed by atoms with Gasteiger partial charge in [-0.05, 0) is 67.0 Å². The second-order valence-corrected chi connectivity index (χ2v) is 7.34. The molecule has 25 heavy (non-hydrogen) atoms. The summed E-state index contributed by atoms with van der Waals surface area (Å²) in [5.74, 6) is 0.337. The lowest BCUT2D eigenvalue weighted by atomic mass is 9.86. The lowest BCUT2D eigenvalue weighted by Gasteiger charge is -2.24. The molecule has 4 rings (SSSR count). The summed E-state index contributed by atoms with van der Waals surface area (Å²) in [6, 6.07) is 9.66. The van der Waals surface area contributed by atoms with Crippen molar-refractivity contribution in [3.05, 3.63) is 69.5 Å². The Kier molecular flexibility index (Phi) is 4.58. The topological polar surface area (TPSA) is 39.2 Å². The van der Waals surface area contributed by atoms with Crippen LogP contribution in [0, 0.1) is 5.92 Å². The third-order valence-corrected chi connectivity index (χ3v) is 5.33. The van der Waals surface area contributed by atoms with Crippen molar-refractivity contribution in [1.82, 2.24) is 4.98 Å². The van der Waals surface area contributed by atoms with Crippen molar-refractivity contribution in [1.29, 1.82) is 0 Å². The number of carbonyl (C=O) groups is 1. The smallest absolute Gasteiger partial charge is 0.338 e. The number of pyridine rings is 1. The lowest BCUT2D eigenvalue weighted by molar-refractivity contribution is 0.0370. The second kappa shape index (κ2) is 7.01. The molecule has 0 N–H and O–H groups in total. The Morgan fingerprint density at radius 2 is 2.00 bits per heavy atom. The predicted octanol–water partition coefficient (Wildman–Crippen LogP) is 4.87. The molecule has 4 heteroatoms. The van der Waals surface area contributed by atoms with E-state index in [0.717, 1.165) is 29.1 Å². The Morgan fingerprint density at radius 1 is 1.20 bits per heavy atom. The van der Waals surface area contributed by atoms with Crippen LogP contribution in [0.15, 0.2) is 42.1 Å². The van der Waals surface area contributed by atoms with E-state index in [4.69, 9.17) is 16.3 Å². The molecule has 3 nitrogen and oxygen atoms in total. The zero-order valence-electron chi connectivity index (χ0n) is 14.0. The first-order valence-corrected chi connectivity index (χ1v) is 9.16. The summed E-state index contributed by atoms with van der Waals surface area (Å²) >= 11 is 5.95. The van der Waals surface area contributed by atoms with E-state index in [2.05, 4.69) is 11.1 Å². The fraction of sp³-hybridized carbons (Fsp3) is 0.333. The molecule has 1 heterocycles. The number of hydrogen-bond acceptors (Lipinski definition) is 3. The second-order valence-electron chi connectivity index (χ2n) is 6.90. The largest absolute Gasteiger partial charge is 0.462 e. The number of esters is 1. The van der Waals surface area contributed by atoms with E-state index < -0.39 is 0 Å². The summed E-state index contributed by atoms with van der Waals surface area (Å²) < 4.78 is 5.52. The average Bonchev–Trinajstić information content (AvgIpc) is 2.97. The van der Waals surface area contributed by atoms with Crippen molar-refractivity contribution < 1.29 is 9.53 Å². The van der Waals surface area contributed by atoms with Gasteiger partial charge in [0.25, 0.3) is 0 Å². The maximum absolute atomic E-state index is 12.5. The Hall–Kier alpha value is -2.13. The van der Waals surface area contributed by atoms with Crippen molar-refractivity contribution in [2.45, 2.75) is 32.1 Å². The SMILES string of the molecule is O=C(OCC1CCC1)c1ccnc2c1CC(Cc1ccc(Cl)cc1)=C2. The first-order valence-electron chi connectivity index (χ1n) is 8.78. The molecule has 1 fully saturated rings. The molecular formula is C21H20ClNO2. The number of halogens is 1. The van der Waals surface area contributed by atoms with E-state index in [0.29, 0.717) is 18.1 Å². The van der Waals surface area contributed by atoms with Crippen LogP contribution in [0.3, 0.4) is 0 Å². The summed E-state index contributed by atoms with van der Waals surface area (Å²) in [4.78, 5) is 16.9. The highest BCUT2D eigenvalue weighted by molar-refractivity contribution is 6.30. The molecule has 0 atom stereocenters. The number of allylic oxidation sites excluding steroid dienone is 1. The molecule has 0 aliphatic heterocycles. The van der Waals surface area contributed by atoms with Crippen LogP contribution < -0.4 is 0 Å². The van der Waals surface area contributed by atoms with E-state index in [9.17, 15) is 4.79 Å². The Balaban J connectivity index is 1.45. The van der Waals surface area contributed by atoms with Crippen molar-refractivity contribution in [3.63, 3.8) is 0 Å². The monoisotopic (exact) mass is 353 g/mol. The Labute approximate surface area is 152 Å². The van der Waals surface area contributed by atoms with Crippen LogP contribution in [0.4, 0.5) is 0 Å². The Morgan fingerprint density at radius 3 is 2.72 bits per heavy atom. The van der Waals surface area contributed by atoms with Crippen molar-refractivity contribution in [2.75, 3.05) is 6.61 Å². The summed E-state index contributed by atoms with van der Waals surface area (Å²) in [7, 11) is 0. The van der Waals surface area contributed by atoms with Crippen LogP contribution in [0.25, 0.3) is 6.08 Å². The number of nitrogens with zero attached hydrogens (tertiary/aromatic N) is 1. The molecule has 1 aromatic carbocycles. The van der Waals surface area contributed by atoms with Gasteiger partial charge >= 0.3 is 5.97 Å². The van der Waals surface area contributed by atoms with E-state index >= 15 is 0 Å². The molecule has 0 radical (unpaired) electrons. The first kappa shape index (κ1) is 16.3. The molecule has 2 aromatic rings. The number of carbonyl (C=O) groups excluding carboxylic acids is 1. The maximum Gasteiger partial charge on any atom is 0.338 e. The fourth-order valence-corrected chi connectivity index (χ4v) is 3.52. The van der Waals surface area contributed by atoms with Gasteiger partial charge < -0.3 is 4.74 Å². The number of rotatable bonds is 5. The number of hydrogen-bond donors (Lipinski definition) is 0. The van der Waals surface area contributed by atoms with E-state index in [-0.39, 0.29) is 5.97 Å². The van der Waals surface area contributed by atoms with Gasteiger partial charge in [0.15, 0.2) is 0 Å². The molecule has 0 bridgehead atoms. The van der Waals surface area contributed by atoms with E-state index in [1.165, 1.54) is 30.4 Å². The van der Waals surface area contributed by atoms with Gasteiger partial charge in [0.2, 0.25) is 0 Å². The molecular weight excluding hydrogens is 334 g/mol. The molecule has 0 unspecified atom stereocenters. The summed E-state index contributed by atoms with van der Waals surface area (Å²) in [6.45, 7) is 0.543. The predicted molar refractivity (Wildman–Crippen MR) is 98.7 cm³/mol. The molecule has 2 aliphatic rings. The number of fused-ring (bicyclic) bond motifs is 1. The molecule has 1 saturated carbocycles. The minimum atomic E-state index is -0.216. The standard InChI is InChI=1S/C21H20ClNO2/c22-17-6-4-14(5-7-17)10-16-11-19-18(8-9-23-20(19)12-16)21(24)25-13-15-2-1-3-15/h4-9,12,15H,1-3,10-11,13H2. The van der Waals surface area contributed by atoms with Gasteiger partial charge in [-0.1, -0.05) is 35.7 Å². The number of ether oxygens (including phenoxy) is 1. The molecule has 1 aromatic heterocycles. The zero-order chi connectivity index (χ0) is 17.2. The minimum Gasteiger partial charge on any atom is -0.462 e. The molecule has 128 valence electrons. The summed E-state index contributed by atoms with van der Waals surface area (Å²) in [5.41, 5.74) is 5.00. The quantitative estimate of drug-likeness (QED) is 0.719. The number of aromatic nitrogens is 1. The van der Waals surface area contributed by atoms with E-state index in [1.807, 2.05) is 24.3 Å². The van der Waals surface area contributed by atoms with Crippen LogP contribution in [0.1, 0.15) is 46.4 Å². The van der Waals surface area contributed by atoms with Crippen LogP contribution in [0.5, 0.6) is 0 Å². The highest BCUT2D eigenvalue weighted by Crippen LogP contribution is 2.30. The summed E-state index contributed by atoms with van der Waals surface area (Å²) in [6.07, 6.45) is 8.98. The molecule has 0 spiro atoms. The van der Waals surface area contributed by atoms with Gasteiger partial charge in [-0.15, -0.1) is 0 Å². The highest BCUT2D eigenvalue weighted by atomic mass is 35.5. The third kappa shape index (κ3) is 3.62. The number of benzene rings is 1. The van der Waals surface area contributed by atoms with Gasteiger partial charge in [-0.25, -0.2) is 4.79 Å². The maximum atomic E-state index is 12.5. The van der Waals surface area contributed by atoms with Gasteiger partial charge in [-0.3, -0.25) is 4.98 Å². The molecule has 0 saturated heterocycles. The van der Waals surface area contributed by atoms with Gasteiger partial charge in [-0.2, -0.15) is 0 Å². The van der Waals surface area contributed by atoms with Crippen molar-refractivity contribution >= 4 is 23.6 Å². The van der Waals surface area contributed by atoms with Crippen LogP contribution >= 0.6 is 11.6 Å². The highest BCUT2D eigenvalue weighted by Gasteiger charge is 2.24. The molecule has 0 amide bonds. The average molecular weight is 354 g/mol.